The number of nitrogens with one attached hydrogen (secondary N) is 2. The third-order valence-corrected chi connectivity index (χ3v) is 5.54. The smallest absolute Gasteiger partial charge is 0.237 e. The van der Waals surface area contributed by atoms with Crippen LogP contribution in [0.15, 0.2) is 42.5 Å². The summed E-state index contributed by atoms with van der Waals surface area (Å²) < 4.78 is 13.8. The highest BCUT2D eigenvalue weighted by Gasteiger charge is 2.42. The Labute approximate surface area is 167 Å². The van der Waals surface area contributed by atoms with Crippen LogP contribution in [0.1, 0.15) is 37.3 Å². The first-order valence-electron chi connectivity index (χ1n) is 9.03. The van der Waals surface area contributed by atoms with Crippen molar-refractivity contribution >= 4 is 35.0 Å². The van der Waals surface area contributed by atoms with E-state index < -0.39 is 17.1 Å². The van der Waals surface area contributed by atoms with Gasteiger partial charge >= 0.3 is 0 Å². The molecule has 7 heteroatoms. The maximum absolute atomic E-state index is 13.8. The number of carbonyl (C=O) groups excluding carboxylic acids is 3. The predicted octanol–water partition coefficient (Wildman–Crippen LogP) is 3.74. The van der Waals surface area contributed by atoms with E-state index in [-0.39, 0.29) is 28.8 Å². The third-order valence-electron chi connectivity index (χ3n) is 5.19. The summed E-state index contributed by atoms with van der Waals surface area (Å²) in [4.78, 5) is 36.1. The Bertz CT molecular complexity index is 909. The predicted molar refractivity (Wildman–Crippen MR) is 105 cm³/mol. The van der Waals surface area contributed by atoms with Gasteiger partial charge in [0, 0.05) is 22.7 Å². The van der Waals surface area contributed by atoms with E-state index >= 15 is 0 Å². The second-order valence-corrected chi connectivity index (χ2v) is 7.22. The molecule has 3 rings (SSSR count). The van der Waals surface area contributed by atoms with Crippen molar-refractivity contribution in [3.8, 4) is 0 Å². The number of imide groups is 1. The van der Waals surface area contributed by atoms with Gasteiger partial charge < -0.3 is 5.32 Å². The first-order chi connectivity index (χ1) is 13.4. The zero-order chi connectivity index (χ0) is 20.3. The van der Waals surface area contributed by atoms with E-state index in [0.29, 0.717) is 24.9 Å². The summed E-state index contributed by atoms with van der Waals surface area (Å²) in [7, 11) is 0. The van der Waals surface area contributed by atoms with Crippen LogP contribution >= 0.6 is 11.6 Å². The van der Waals surface area contributed by atoms with Crippen LogP contribution in [0.3, 0.4) is 0 Å². The fourth-order valence-corrected chi connectivity index (χ4v) is 3.74. The lowest BCUT2D eigenvalue weighted by atomic mass is 9.72. The maximum Gasteiger partial charge on any atom is 0.237 e. The van der Waals surface area contributed by atoms with Crippen molar-refractivity contribution in [3.05, 3.63) is 64.4 Å². The molecule has 146 valence electrons. The van der Waals surface area contributed by atoms with Crippen LogP contribution < -0.4 is 10.6 Å². The number of hydrogen-bond donors (Lipinski definition) is 2. The average Bonchev–Trinajstić information content (AvgIpc) is 2.66. The number of amides is 3. The molecule has 0 aliphatic carbocycles. The van der Waals surface area contributed by atoms with Crippen LogP contribution in [0.25, 0.3) is 0 Å². The lowest BCUT2D eigenvalue weighted by Gasteiger charge is -2.35. The molecule has 1 aliphatic rings. The third kappa shape index (κ3) is 3.92. The van der Waals surface area contributed by atoms with Crippen molar-refractivity contribution in [2.45, 2.75) is 38.0 Å². The average molecular weight is 403 g/mol. The van der Waals surface area contributed by atoms with Crippen LogP contribution in [0.2, 0.25) is 5.02 Å². The molecule has 0 saturated carbocycles. The number of piperidine rings is 1. The number of rotatable bonds is 5. The highest BCUT2D eigenvalue weighted by atomic mass is 35.5. The lowest BCUT2D eigenvalue weighted by molar-refractivity contribution is -0.138. The van der Waals surface area contributed by atoms with Crippen molar-refractivity contribution in [2.24, 2.45) is 0 Å². The molecule has 1 heterocycles. The molecule has 1 unspecified atom stereocenters. The first kappa shape index (κ1) is 20.0. The monoisotopic (exact) mass is 402 g/mol. The van der Waals surface area contributed by atoms with Gasteiger partial charge in [0.1, 0.15) is 5.82 Å². The number of anilines is 1. The lowest BCUT2D eigenvalue weighted by Crippen LogP contribution is -2.51. The molecule has 2 aromatic carbocycles. The molecule has 1 atom stereocenters. The molecular formula is C21H20ClFN2O3. The zero-order valence-corrected chi connectivity index (χ0v) is 16.1. The zero-order valence-electron chi connectivity index (χ0n) is 15.4. The molecule has 2 aromatic rings. The summed E-state index contributed by atoms with van der Waals surface area (Å²) >= 11 is 5.96. The highest BCUT2D eigenvalue weighted by molar-refractivity contribution is 6.31. The Balaban J connectivity index is 1.73. The van der Waals surface area contributed by atoms with E-state index in [1.807, 2.05) is 6.92 Å². The van der Waals surface area contributed by atoms with E-state index in [1.165, 1.54) is 18.2 Å². The fraction of sp³-hybridized carbons (Fsp3) is 0.286. The topological polar surface area (TPSA) is 75.3 Å². The van der Waals surface area contributed by atoms with Crippen molar-refractivity contribution < 1.29 is 18.8 Å². The standard InChI is InChI=1S/C21H20ClFN2O3/c1-2-21(11-10-18(26)25-20(21)28)13-6-8-14(9-7-13)24-19(27)12-15-16(22)4-3-5-17(15)23/h3-9H,2,10-12H2,1H3,(H,24,27)(H,25,26,28). The molecular weight excluding hydrogens is 383 g/mol. The van der Waals surface area contributed by atoms with Crippen LogP contribution in [-0.4, -0.2) is 17.7 Å². The minimum absolute atomic E-state index is 0.145. The molecule has 3 amide bonds. The summed E-state index contributed by atoms with van der Waals surface area (Å²) in [6.45, 7) is 1.91. The number of halogens is 2. The van der Waals surface area contributed by atoms with Gasteiger partial charge in [-0.05, 0) is 42.7 Å². The van der Waals surface area contributed by atoms with Crippen molar-refractivity contribution in [3.63, 3.8) is 0 Å². The second kappa shape index (κ2) is 8.10. The van der Waals surface area contributed by atoms with Crippen molar-refractivity contribution in [2.75, 3.05) is 5.32 Å². The Morgan fingerprint density at radius 2 is 1.93 bits per heavy atom. The molecule has 0 aromatic heterocycles. The van der Waals surface area contributed by atoms with Crippen molar-refractivity contribution in [1.29, 1.82) is 0 Å². The Morgan fingerprint density at radius 3 is 2.54 bits per heavy atom. The summed E-state index contributed by atoms with van der Waals surface area (Å²) in [6.07, 6.45) is 1.12. The SMILES string of the molecule is CCC1(c2ccc(NC(=O)Cc3c(F)cccc3Cl)cc2)CCC(=O)NC1=O. The number of carbonyl (C=O) groups is 3. The van der Waals surface area contributed by atoms with Gasteiger partial charge in [-0.25, -0.2) is 4.39 Å². The van der Waals surface area contributed by atoms with Crippen LogP contribution in [-0.2, 0) is 26.2 Å². The van der Waals surface area contributed by atoms with E-state index in [1.54, 1.807) is 24.3 Å². The van der Waals surface area contributed by atoms with Gasteiger partial charge in [-0.1, -0.05) is 36.7 Å². The molecule has 1 aliphatic heterocycles. The maximum atomic E-state index is 13.8. The Hall–Kier alpha value is -2.73. The molecule has 0 bridgehead atoms. The van der Waals surface area contributed by atoms with Crippen molar-refractivity contribution in [1.82, 2.24) is 5.32 Å². The summed E-state index contributed by atoms with van der Waals surface area (Å²) in [6, 6.07) is 11.2. The van der Waals surface area contributed by atoms with E-state index in [0.717, 1.165) is 5.56 Å². The van der Waals surface area contributed by atoms with Gasteiger partial charge in [0.05, 0.1) is 11.8 Å². The quantitative estimate of drug-likeness (QED) is 0.748. The molecule has 0 spiro atoms. The van der Waals surface area contributed by atoms with E-state index in [9.17, 15) is 18.8 Å². The Kier molecular flexibility index (Phi) is 5.79. The van der Waals surface area contributed by atoms with Crippen LogP contribution in [0.4, 0.5) is 10.1 Å². The van der Waals surface area contributed by atoms with E-state index in [2.05, 4.69) is 10.6 Å². The fourth-order valence-electron chi connectivity index (χ4n) is 3.51. The normalized spacial score (nSPS) is 19.2. The van der Waals surface area contributed by atoms with Gasteiger partial charge in [0.15, 0.2) is 0 Å². The first-order valence-corrected chi connectivity index (χ1v) is 9.41. The summed E-state index contributed by atoms with van der Waals surface area (Å²) in [5.41, 5.74) is 0.707. The molecule has 5 nitrogen and oxygen atoms in total. The van der Waals surface area contributed by atoms with Crippen LogP contribution in [0, 0.1) is 5.82 Å². The number of hydrogen-bond acceptors (Lipinski definition) is 3. The second-order valence-electron chi connectivity index (χ2n) is 6.82. The van der Waals surface area contributed by atoms with Gasteiger partial charge in [0.25, 0.3) is 0 Å². The summed E-state index contributed by atoms with van der Waals surface area (Å²) in [5.74, 6) is -1.48. The minimum atomic E-state index is -0.753. The van der Waals surface area contributed by atoms with E-state index in [4.69, 9.17) is 11.6 Å². The van der Waals surface area contributed by atoms with Gasteiger partial charge in [0.2, 0.25) is 17.7 Å². The Morgan fingerprint density at radius 1 is 1.21 bits per heavy atom. The molecule has 28 heavy (non-hydrogen) atoms. The van der Waals surface area contributed by atoms with Crippen LogP contribution in [0.5, 0.6) is 0 Å². The molecule has 2 N–H and O–H groups in total. The largest absolute Gasteiger partial charge is 0.326 e. The minimum Gasteiger partial charge on any atom is -0.326 e. The molecule has 1 saturated heterocycles. The van der Waals surface area contributed by atoms with Gasteiger partial charge in [-0.2, -0.15) is 0 Å². The summed E-state index contributed by atoms with van der Waals surface area (Å²) in [5, 5.41) is 5.32. The number of benzene rings is 2. The molecule has 1 fully saturated rings. The molecule has 0 radical (unpaired) electrons. The highest BCUT2D eigenvalue weighted by Crippen LogP contribution is 2.36. The van der Waals surface area contributed by atoms with Gasteiger partial charge in [-0.15, -0.1) is 0 Å². The van der Waals surface area contributed by atoms with Gasteiger partial charge in [-0.3, -0.25) is 19.7 Å².